The van der Waals surface area contributed by atoms with E-state index in [2.05, 4.69) is 15.8 Å². The van der Waals surface area contributed by atoms with Crippen LogP contribution in [0.4, 0.5) is 0 Å². The topological polar surface area (TPSA) is 111 Å². The number of hydrogen-bond donors (Lipinski definition) is 4. The number of benzene rings is 2. The van der Waals surface area contributed by atoms with Gasteiger partial charge in [0.2, 0.25) is 0 Å². The van der Waals surface area contributed by atoms with Gasteiger partial charge < -0.3 is 10.1 Å². The molecule has 0 atom stereocenters. The Labute approximate surface area is 148 Å². The Bertz CT molecular complexity index is 1010. The first-order chi connectivity index (χ1) is 12.6. The number of carbonyl (C=O) groups is 2. The van der Waals surface area contributed by atoms with E-state index in [0.29, 0.717) is 5.69 Å². The summed E-state index contributed by atoms with van der Waals surface area (Å²) in [6, 6.07) is 18.1. The summed E-state index contributed by atoms with van der Waals surface area (Å²) in [5.74, 6) is -1.69. The molecule has 0 radical (unpaired) electrons. The molecule has 0 aliphatic rings. The fourth-order valence-electron chi connectivity index (χ4n) is 2.35. The minimum absolute atomic E-state index is 0.00105. The Kier molecular flexibility index (Phi) is 4.80. The van der Waals surface area contributed by atoms with E-state index < -0.39 is 17.4 Å². The number of rotatable bonds is 3. The Balaban J connectivity index is 1.71. The van der Waals surface area contributed by atoms with Gasteiger partial charge in [0, 0.05) is 5.69 Å². The van der Waals surface area contributed by atoms with Crippen molar-refractivity contribution in [3.63, 3.8) is 0 Å². The Morgan fingerprint density at radius 1 is 0.769 bits per heavy atom. The van der Waals surface area contributed by atoms with Crippen molar-refractivity contribution in [2.75, 3.05) is 0 Å². The number of pyridine rings is 1. The molecule has 0 aliphatic carbocycles. The molecule has 0 saturated heterocycles. The van der Waals surface area contributed by atoms with Crippen molar-refractivity contribution in [2.24, 2.45) is 0 Å². The zero-order valence-electron chi connectivity index (χ0n) is 13.5. The number of para-hydroxylation sites is 1. The predicted octanol–water partition coefficient (Wildman–Crippen LogP) is 1.82. The highest BCUT2D eigenvalue weighted by Gasteiger charge is 2.14. The molecule has 7 heteroatoms. The third-order valence-electron chi connectivity index (χ3n) is 3.68. The van der Waals surface area contributed by atoms with Crippen molar-refractivity contribution < 1.29 is 14.7 Å². The maximum atomic E-state index is 12.2. The van der Waals surface area contributed by atoms with Crippen molar-refractivity contribution >= 4 is 11.8 Å². The molecular weight excluding hydrogens is 334 g/mol. The van der Waals surface area contributed by atoms with Crippen molar-refractivity contribution in [1.29, 1.82) is 0 Å². The number of aromatic hydroxyl groups is 1. The van der Waals surface area contributed by atoms with Crippen LogP contribution in [0.15, 0.2) is 71.5 Å². The first kappa shape index (κ1) is 17.0. The highest BCUT2D eigenvalue weighted by molar-refractivity contribution is 6.00. The molecule has 3 aromatic rings. The molecule has 0 fully saturated rings. The van der Waals surface area contributed by atoms with Gasteiger partial charge >= 0.3 is 0 Å². The van der Waals surface area contributed by atoms with E-state index >= 15 is 0 Å². The monoisotopic (exact) mass is 349 g/mol. The Morgan fingerprint density at radius 2 is 1.38 bits per heavy atom. The smallest absolute Gasteiger partial charge is 0.275 e. The number of nitrogens with one attached hydrogen (secondary N) is 3. The molecule has 0 aliphatic heterocycles. The summed E-state index contributed by atoms with van der Waals surface area (Å²) in [6.07, 6.45) is 0. The Morgan fingerprint density at radius 3 is 2.04 bits per heavy atom. The van der Waals surface area contributed by atoms with Gasteiger partial charge in [0.05, 0.1) is 5.56 Å². The van der Waals surface area contributed by atoms with Gasteiger partial charge in [-0.05, 0) is 29.8 Å². The molecular formula is C19H15N3O4. The van der Waals surface area contributed by atoms with Crippen LogP contribution in [0, 0.1) is 0 Å². The van der Waals surface area contributed by atoms with Gasteiger partial charge in [-0.3, -0.25) is 25.2 Å². The van der Waals surface area contributed by atoms with Crippen LogP contribution in [-0.2, 0) is 0 Å². The quantitative estimate of drug-likeness (QED) is 0.541. The number of phenolic OH excluding ortho intramolecular Hbond substituents is 1. The molecule has 0 saturated carbocycles. The molecule has 7 nitrogen and oxygen atoms in total. The van der Waals surface area contributed by atoms with Crippen molar-refractivity contribution in [1.82, 2.24) is 15.8 Å². The SMILES string of the molecule is O=C(NNC(=O)c1ccc(-c2ccccc2)[nH]c1=O)c1ccccc1O. The van der Waals surface area contributed by atoms with Crippen LogP contribution in [0.2, 0.25) is 0 Å². The second kappa shape index (κ2) is 7.35. The molecule has 2 aromatic carbocycles. The highest BCUT2D eigenvalue weighted by atomic mass is 16.3. The predicted molar refractivity (Wildman–Crippen MR) is 95.5 cm³/mol. The molecule has 0 bridgehead atoms. The maximum Gasteiger partial charge on any atom is 0.275 e. The molecule has 4 N–H and O–H groups in total. The molecule has 2 amide bonds. The normalized spacial score (nSPS) is 10.2. The van der Waals surface area contributed by atoms with E-state index in [1.807, 2.05) is 30.3 Å². The highest BCUT2D eigenvalue weighted by Crippen LogP contribution is 2.15. The Hall–Kier alpha value is -3.87. The molecule has 1 aromatic heterocycles. The third-order valence-corrected chi connectivity index (χ3v) is 3.68. The fraction of sp³-hybridized carbons (Fsp3) is 0. The number of hydrazine groups is 1. The average molecular weight is 349 g/mol. The molecule has 1 heterocycles. The summed E-state index contributed by atoms with van der Waals surface area (Å²) in [6.45, 7) is 0. The number of aromatic nitrogens is 1. The number of phenols is 1. The summed E-state index contributed by atoms with van der Waals surface area (Å²) in [4.78, 5) is 38.9. The van der Waals surface area contributed by atoms with Crippen molar-refractivity contribution in [3.8, 4) is 17.0 Å². The first-order valence-electron chi connectivity index (χ1n) is 7.73. The van der Waals surface area contributed by atoms with E-state index in [1.54, 1.807) is 18.2 Å². The lowest BCUT2D eigenvalue weighted by Gasteiger charge is -2.08. The molecule has 130 valence electrons. The molecule has 0 spiro atoms. The lowest BCUT2D eigenvalue weighted by Crippen LogP contribution is -2.43. The van der Waals surface area contributed by atoms with E-state index in [4.69, 9.17) is 0 Å². The number of aromatic amines is 1. The van der Waals surface area contributed by atoms with Gasteiger partial charge in [0.1, 0.15) is 11.3 Å². The van der Waals surface area contributed by atoms with Gasteiger partial charge in [-0.15, -0.1) is 0 Å². The van der Waals surface area contributed by atoms with E-state index in [-0.39, 0.29) is 16.9 Å². The minimum Gasteiger partial charge on any atom is -0.507 e. The summed E-state index contributed by atoms with van der Waals surface area (Å²) in [5, 5.41) is 9.62. The lowest BCUT2D eigenvalue weighted by molar-refractivity contribution is 0.0844. The summed E-state index contributed by atoms with van der Waals surface area (Å²) < 4.78 is 0. The average Bonchev–Trinajstić information content (AvgIpc) is 2.67. The van der Waals surface area contributed by atoms with Crippen LogP contribution in [0.25, 0.3) is 11.3 Å². The number of hydrogen-bond acceptors (Lipinski definition) is 4. The van der Waals surface area contributed by atoms with E-state index in [1.165, 1.54) is 18.2 Å². The molecule has 0 unspecified atom stereocenters. The van der Waals surface area contributed by atoms with Crippen molar-refractivity contribution in [3.05, 3.63) is 88.2 Å². The number of carbonyl (C=O) groups excluding carboxylic acids is 2. The van der Waals surface area contributed by atoms with Gasteiger partial charge in [0.25, 0.3) is 17.4 Å². The fourth-order valence-corrected chi connectivity index (χ4v) is 2.35. The molecule has 3 rings (SSSR count). The van der Waals surface area contributed by atoms with E-state index in [9.17, 15) is 19.5 Å². The maximum absolute atomic E-state index is 12.2. The summed E-state index contributed by atoms with van der Waals surface area (Å²) in [5.41, 5.74) is 4.97. The summed E-state index contributed by atoms with van der Waals surface area (Å²) >= 11 is 0. The largest absolute Gasteiger partial charge is 0.507 e. The summed E-state index contributed by atoms with van der Waals surface area (Å²) in [7, 11) is 0. The standard InChI is InChI=1S/C19H15N3O4/c23-16-9-5-4-8-13(16)18(25)21-22-19(26)14-10-11-15(20-17(14)24)12-6-2-1-3-7-12/h1-11,23H,(H,20,24)(H,21,25)(H,22,26). The van der Waals surface area contributed by atoms with Gasteiger partial charge in [-0.25, -0.2) is 0 Å². The lowest BCUT2D eigenvalue weighted by atomic mass is 10.1. The van der Waals surface area contributed by atoms with Crippen LogP contribution in [0.3, 0.4) is 0 Å². The number of amides is 2. The third kappa shape index (κ3) is 3.62. The first-order valence-corrected chi connectivity index (χ1v) is 7.73. The second-order valence-corrected chi connectivity index (χ2v) is 5.41. The van der Waals surface area contributed by atoms with Gasteiger partial charge in [-0.2, -0.15) is 0 Å². The van der Waals surface area contributed by atoms with Crippen LogP contribution in [0.1, 0.15) is 20.7 Å². The van der Waals surface area contributed by atoms with Crippen LogP contribution < -0.4 is 16.4 Å². The second-order valence-electron chi connectivity index (χ2n) is 5.41. The van der Waals surface area contributed by atoms with Gasteiger partial charge in [0.15, 0.2) is 0 Å². The molecule has 26 heavy (non-hydrogen) atoms. The zero-order chi connectivity index (χ0) is 18.5. The van der Waals surface area contributed by atoms with Crippen LogP contribution in [0.5, 0.6) is 5.75 Å². The zero-order valence-corrected chi connectivity index (χ0v) is 13.5. The minimum atomic E-state index is -0.769. The van der Waals surface area contributed by atoms with Crippen LogP contribution in [-0.4, -0.2) is 21.9 Å². The van der Waals surface area contributed by atoms with E-state index in [0.717, 1.165) is 5.56 Å². The van der Waals surface area contributed by atoms with Crippen LogP contribution >= 0.6 is 0 Å². The van der Waals surface area contributed by atoms with Gasteiger partial charge in [-0.1, -0.05) is 42.5 Å². The number of H-pyrrole nitrogens is 1. The van der Waals surface area contributed by atoms with Crippen molar-refractivity contribution in [2.45, 2.75) is 0 Å².